The number of amides is 1. The molecule has 2 fully saturated rings. The molecule has 0 radical (unpaired) electrons. The number of hydroxylamine groups is 1. The van der Waals surface area contributed by atoms with Gasteiger partial charge in [0.15, 0.2) is 0 Å². The standard InChI is InChI=1S/C6H8N2O4/c9-5-3-2(12-8-5)1-7-4(3)6(10)11/h2-4,7H,1H2,(H,8,9)(H,10,11)/t2-,3-,4-/m1/s1. The third-order valence-corrected chi connectivity index (χ3v) is 2.18. The average Bonchev–Trinajstić information content (AvgIpc) is 2.53. The molecule has 2 saturated heterocycles. The normalized spacial score (nSPS) is 39.3. The highest BCUT2D eigenvalue weighted by molar-refractivity contribution is 5.88. The van der Waals surface area contributed by atoms with Crippen LogP contribution in [0.3, 0.4) is 0 Å². The van der Waals surface area contributed by atoms with Gasteiger partial charge in [-0.05, 0) is 0 Å². The van der Waals surface area contributed by atoms with Crippen LogP contribution in [0, 0.1) is 5.92 Å². The second-order valence-corrected chi connectivity index (χ2v) is 2.87. The quantitative estimate of drug-likeness (QED) is 0.429. The number of hydrogen-bond donors (Lipinski definition) is 3. The van der Waals surface area contributed by atoms with Gasteiger partial charge in [0.05, 0.1) is 5.92 Å². The average molecular weight is 172 g/mol. The Balaban J connectivity index is 2.19. The highest BCUT2D eigenvalue weighted by Crippen LogP contribution is 2.23. The first-order valence-corrected chi connectivity index (χ1v) is 3.62. The highest BCUT2D eigenvalue weighted by Gasteiger charge is 2.49. The lowest BCUT2D eigenvalue weighted by Crippen LogP contribution is -2.40. The Bertz CT molecular complexity index is 242. The van der Waals surface area contributed by atoms with E-state index in [0.29, 0.717) is 6.54 Å². The van der Waals surface area contributed by atoms with Crippen LogP contribution in [-0.2, 0) is 14.4 Å². The Kier molecular flexibility index (Phi) is 1.52. The molecule has 2 aliphatic rings. The van der Waals surface area contributed by atoms with E-state index in [9.17, 15) is 9.59 Å². The fourth-order valence-electron chi connectivity index (χ4n) is 1.59. The van der Waals surface area contributed by atoms with Crippen molar-refractivity contribution in [2.45, 2.75) is 12.1 Å². The topological polar surface area (TPSA) is 87.7 Å². The minimum atomic E-state index is -1.01. The molecule has 0 bridgehead atoms. The molecular formula is C6H8N2O4. The van der Waals surface area contributed by atoms with E-state index in [4.69, 9.17) is 9.94 Å². The van der Waals surface area contributed by atoms with Crippen LogP contribution in [-0.4, -0.2) is 35.7 Å². The van der Waals surface area contributed by atoms with Crippen molar-refractivity contribution >= 4 is 11.9 Å². The Labute approximate surface area is 67.8 Å². The summed E-state index contributed by atoms with van der Waals surface area (Å²) in [5, 5.41) is 11.4. The molecule has 2 rings (SSSR count). The number of carboxylic acids is 1. The first-order chi connectivity index (χ1) is 5.70. The SMILES string of the molecule is O=C1NO[C@@H]2CN[C@@H](C(=O)O)[C@H]12. The first kappa shape index (κ1) is 7.51. The molecule has 0 aromatic rings. The van der Waals surface area contributed by atoms with Gasteiger partial charge in [-0.3, -0.25) is 14.4 Å². The van der Waals surface area contributed by atoms with Crippen LogP contribution in [0.1, 0.15) is 0 Å². The van der Waals surface area contributed by atoms with Gasteiger partial charge >= 0.3 is 5.97 Å². The molecular weight excluding hydrogens is 164 g/mol. The van der Waals surface area contributed by atoms with Crippen molar-refractivity contribution in [1.82, 2.24) is 10.8 Å². The molecule has 66 valence electrons. The lowest BCUT2D eigenvalue weighted by atomic mass is 9.99. The van der Waals surface area contributed by atoms with Crippen LogP contribution in [0.5, 0.6) is 0 Å². The Morgan fingerprint density at radius 2 is 2.42 bits per heavy atom. The number of rotatable bonds is 1. The van der Waals surface area contributed by atoms with E-state index in [1.165, 1.54) is 0 Å². The number of nitrogens with one attached hydrogen (secondary N) is 2. The summed E-state index contributed by atoms with van der Waals surface area (Å²) in [6.07, 6.45) is -0.335. The predicted octanol–water partition coefficient (Wildman–Crippen LogP) is -1.91. The maximum absolute atomic E-state index is 11.0. The number of carboxylic acid groups (broad SMARTS) is 1. The fraction of sp³-hybridized carbons (Fsp3) is 0.667. The zero-order valence-electron chi connectivity index (χ0n) is 6.11. The van der Waals surface area contributed by atoms with Gasteiger partial charge in [-0.1, -0.05) is 0 Å². The van der Waals surface area contributed by atoms with Crippen LogP contribution in [0.2, 0.25) is 0 Å². The number of carbonyl (C=O) groups excluding carboxylic acids is 1. The summed E-state index contributed by atoms with van der Waals surface area (Å²) in [5.41, 5.74) is 2.16. The van der Waals surface area contributed by atoms with Crippen molar-refractivity contribution < 1.29 is 19.5 Å². The van der Waals surface area contributed by atoms with E-state index in [0.717, 1.165) is 0 Å². The summed E-state index contributed by atoms with van der Waals surface area (Å²) in [6, 6.07) is -0.808. The predicted molar refractivity (Wildman–Crippen MR) is 35.9 cm³/mol. The largest absolute Gasteiger partial charge is 0.480 e. The van der Waals surface area contributed by atoms with Gasteiger partial charge in [-0.25, -0.2) is 5.48 Å². The summed E-state index contributed by atoms with van der Waals surface area (Å²) in [5.74, 6) is -1.94. The zero-order valence-corrected chi connectivity index (χ0v) is 6.11. The second kappa shape index (κ2) is 2.43. The van der Waals surface area contributed by atoms with E-state index < -0.39 is 17.9 Å². The molecule has 2 aliphatic heterocycles. The van der Waals surface area contributed by atoms with E-state index in [1.807, 2.05) is 0 Å². The van der Waals surface area contributed by atoms with Crippen LogP contribution < -0.4 is 10.8 Å². The van der Waals surface area contributed by atoms with Crippen molar-refractivity contribution in [1.29, 1.82) is 0 Å². The van der Waals surface area contributed by atoms with Gasteiger partial charge in [0.1, 0.15) is 12.1 Å². The van der Waals surface area contributed by atoms with Gasteiger partial charge in [0.25, 0.3) is 5.91 Å². The molecule has 3 atom stereocenters. The molecule has 12 heavy (non-hydrogen) atoms. The van der Waals surface area contributed by atoms with Crippen LogP contribution in [0.25, 0.3) is 0 Å². The number of fused-ring (bicyclic) bond motifs is 1. The van der Waals surface area contributed by atoms with Crippen LogP contribution in [0.4, 0.5) is 0 Å². The molecule has 1 amide bonds. The van der Waals surface area contributed by atoms with E-state index >= 15 is 0 Å². The summed E-state index contributed by atoms with van der Waals surface area (Å²) < 4.78 is 0. The molecule has 6 heteroatoms. The summed E-state index contributed by atoms with van der Waals surface area (Å²) in [7, 11) is 0. The smallest absolute Gasteiger partial charge is 0.321 e. The maximum atomic E-state index is 11.0. The minimum Gasteiger partial charge on any atom is -0.480 e. The number of aliphatic carboxylic acids is 1. The zero-order chi connectivity index (χ0) is 8.72. The lowest BCUT2D eigenvalue weighted by Gasteiger charge is -2.08. The number of hydrogen-bond acceptors (Lipinski definition) is 4. The third-order valence-electron chi connectivity index (χ3n) is 2.18. The van der Waals surface area contributed by atoms with Crippen molar-refractivity contribution in [3.63, 3.8) is 0 Å². The van der Waals surface area contributed by atoms with Gasteiger partial charge in [0, 0.05) is 6.54 Å². The van der Waals surface area contributed by atoms with E-state index in [2.05, 4.69) is 10.8 Å². The molecule has 6 nitrogen and oxygen atoms in total. The van der Waals surface area contributed by atoms with Crippen molar-refractivity contribution in [2.24, 2.45) is 5.92 Å². The molecule has 0 aliphatic carbocycles. The van der Waals surface area contributed by atoms with Crippen molar-refractivity contribution in [3.8, 4) is 0 Å². The maximum Gasteiger partial charge on any atom is 0.321 e. The summed E-state index contributed by atoms with van der Waals surface area (Å²) in [4.78, 5) is 26.5. The second-order valence-electron chi connectivity index (χ2n) is 2.87. The minimum absolute atomic E-state index is 0.335. The van der Waals surface area contributed by atoms with E-state index in [1.54, 1.807) is 0 Å². The van der Waals surface area contributed by atoms with Gasteiger partial charge < -0.3 is 10.4 Å². The Hall–Kier alpha value is -1.14. The van der Waals surface area contributed by atoms with Crippen molar-refractivity contribution in [2.75, 3.05) is 6.54 Å². The fourth-order valence-corrected chi connectivity index (χ4v) is 1.59. The molecule has 0 unspecified atom stereocenters. The third kappa shape index (κ3) is 0.886. The molecule has 0 saturated carbocycles. The Morgan fingerprint density at radius 3 is 3.08 bits per heavy atom. The van der Waals surface area contributed by atoms with Crippen LogP contribution >= 0.6 is 0 Å². The molecule has 3 N–H and O–H groups in total. The Morgan fingerprint density at radius 1 is 1.67 bits per heavy atom. The summed E-state index contributed by atoms with van der Waals surface area (Å²) >= 11 is 0. The molecule has 2 heterocycles. The first-order valence-electron chi connectivity index (χ1n) is 3.62. The lowest BCUT2D eigenvalue weighted by molar-refractivity contribution is -0.142. The van der Waals surface area contributed by atoms with Gasteiger partial charge in [0.2, 0.25) is 0 Å². The molecule has 0 aromatic carbocycles. The highest BCUT2D eigenvalue weighted by atomic mass is 16.7. The van der Waals surface area contributed by atoms with Crippen LogP contribution in [0.15, 0.2) is 0 Å². The summed E-state index contributed by atoms with van der Waals surface area (Å²) in [6.45, 7) is 0.403. The molecule has 0 spiro atoms. The van der Waals surface area contributed by atoms with E-state index in [-0.39, 0.29) is 12.0 Å². The monoisotopic (exact) mass is 172 g/mol. The number of carbonyl (C=O) groups is 2. The van der Waals surface area contributed by atoms with Gasteiger partial charge in [-0.15, -0.1) is 0 Å². The van der Waals surface area contributed by atoms with Crippen molar-refractivity contribution in [3.05, 3.63) is 0 Å². The van der Waals surface area contributed by atoms with Gasteiger partial charge in [-0.2, -0.15) is 0 Å². The molecule has 0 aromatic heterocycles.